The molecule has 4 N–H and O–H groups in total. The van der Waals surface area contributed by atoms with Crippen molar-refractivity contribution in [2.75, 3.05) is 11.9 Å². The molecule has 8 nitrogen and oxygen atoms in total. The number of aromatic nitrogens is 1. The van der Waals surface area contributed by atoms with Crippen LogP contribution < -0.4 is 11.1 Å². The van der Waals surface area contributed by atoms with Crippen LogP contribution in [0.1, 0.15) is 44.1 Å². The third-order valence-corrected chi connectivity index (χ3v) is 8.19. The number of nitrogens with one attached hydrogen (secondary N) is 1. The summed E-state index contributed by atoms with van der Waals surface area (Å²) in [5, 5.41) is 22.3. The summed E-state index contributed by atoms with van der Waals surface area (Å²) in [6.07, 6.45) is 6.02. The lowest BCUT2D eigenvalue weighted by Gasteiger charge is -2.61. The largest absolute Gasteiger partial charge is 0.465 e. The highest BCUT2D eigenvalue weighted by Gasteiger charge is 2.61. The molecule has 5 aliphatic rings. The molecule has 8 heteroatoms. The number of primary amides is 1. The molecule has 30 heavy (non-hydrogen) atoms. The average Bonchev–Trinajstić information content (AvgIpc) is 3.11. The molecule has 2 heterocycles. The van der Waals surface area contributed by atoms with Crippen molar-refractivity contribution in [3.63, 3.8) is 0 Å². The Morgan fingerprint density at radius 2 is 2.00 bits per heavy atom. The van der Waals surface area contributed by atoms with Crippen molar-refractivity contribution in [2.24, 2.45) is 34.8 Å². The molecule has 6 rings (SSSR count). The lowest BCUT2D eigenvalue weighted by Crippen LogP contribution is -2.61. The molecule has 158 valence electrons. The Kier molecular flexibility index (Phi) is 4.38. The zero-order chi connectivity index (χ0) is 21.0. The molecular weight excluding hydrogens is 382 g/mol. The Hall–Kier alpha value is -2.82. The molecule has 1 aliphatic heterocycles. The number of hydrogen-bond donors (Lipinski definition) is 3. The fraction of sp³-hybridized carbons (Fsp3) is 0.636. The van der Waals surface area contributed by atoms with Gasteiger partial charge in [-0.15, -0.1) is 0 Å². The molecule has 4 saturated carbocycles. The minimum absolute atomic E-state index is 0.0337. The van der Waals surface area contributed by atoms with Gasteiger partial charge in [0.25, 0.3) is 0 Å². The van der Waals surface area contributed by atoms with Crippen LogP contribution in [-0.4, -0.2) is 45.6 Å². The van der Waals surface area contributed by atoms with E-state index in [0.29, 0.717) is 35.7 Å². The van der Waals surface area contributed by atoms with Crippen LogP contribution in [0.3, 0.4) is 0 Å². The molecule has 0 spiro atoms. The number of rotatable bonds is 4. The molecule has 1 aromatic rings. The maximum absolute atomic E-state index is 12.3. The van der Waals surface area contributed by atoms with Gasteiger partial charge in [0.1, 0.15) is 11.9 Å². The zero-order valence-corrected chi connectivity index (χ0v) is 16.8. The van der Waals surface area contributed by atoms with Gasteiger partial charge in [0.2, 0.25) is 5.91 Å². The van der Waals surface area contributed by atoms with Crippen molar-refractivity contribution in [3.8, 4) is 6.07 Å². The van der Waals surface area contributed by atoms with Crippen LogP contribution in [0, 0.1) is 40.4 Å². The van der Waals surface area contributed by atoms with Gasteiger partial charge in [-0.25, -0.2) is 9.78 Å². The van der Waals surface area contributed by atoms with Crippen molar-refractivity contribution in [1.29, 1.82) is 5.26 Å². The first-order chi connectivity index (χ1) is 14.4. The Labute approximate surface area is 175 Å². The van der Waals surface area contributed by atoms with E-state index in [9.17, 15) is 14.7 Å². The number of carbonyl (C=O) groups excluding carboxylic acids is 1. The molecule has 0 radical (unpaired) electrons. The van der Waals surface area contributed by atoms with E-state index >= 15 is 0 Å². The summed E-state index contributed by atoms with van der Waals surface area (Å²) >= 11 is 0. The van der Waals surface area contributed by atoms with Crippen molar-refractivity contribution >= 4 is 17.8 Å². The summed E-state index contributed by atoms with van der Waals surface area (Å²) in [6, 6.07) is 5.38. The maximum Gasteiger partial charge on any atom is 0.407 e. The molecule has 4 bridgehead atoms. The minimum Gasteiger partial charge on any atom is -0.465 e. The van der Waals surface area contributed by atoms with E-state index in [0.717, 1.165) is 38.5 Å². The molecule has 7 atom stereocenters. The van der Waals surface area contributed by atoms with Crippen molar-refractivity contribution in [2.45, 2.75) is 50.6 Å². The lowest BCUT2D eigenvalue weighted by molar-refractivity contribution is -0.154. The monoisotopic (exact) mass is 409 g/mol. The summed E-state index contributed by atoms with van der Waals surface area (Å²) in [5.74, 6) is 1.95. The number of likely N-dealkylation sites (tertiary alicyclic amines) is 1. The van der Waals surface area contributed by atoms with Crippen LogP contribution in [0.25, 0.3) is 0 Å². The SMILES string of the molecule is N#Cc1ccc(NC2CCN(C(=O)O)C2C2[C@@H]3CC4C[C@H]2CC(C(N)=O)(C4)C3)nc1. The van der Waals surface area contributed by atoms with E-state index in [1.54, 1.807) is 17.0 Å². The number of pyridine rings is 1. The van der Waals surface area contributed by atoms with Gasteiger partial charge in [-0.1, -0.05) is 0 Å². The van der Waals surface area contributed by atoms with Crippen molar-refractivity contribution in [3.05, 3.63) is 23.9 Å². The van der Waals surface area contributed by atoms with Crippen LogP contribution in [0.4, 0.5) is 10.6 Å². The number of nitrogens with two attached hydrogens (primary N) is 1. The molecule has 5 fully saturated rings. The second kappa shape index (κ2) is 6.86. The Bertz CT molecular complexity index is 894. The fourth-order valence-corrected chi connectivity index (χ4v) is 7.33. The first-order valence-electron chi connectivity index (χ1n) is 10.8. The number of carbonyl (C=O) groups is 2. The highest BCUT2D eigenvalue weighted by atomic mass is 16.4. The average molecular weight is 409 g/mol. The van der Waals surface area contributed by atoms with Gasteiger partial charge in [0, 0.05) is 18.2 Å². The smallest absolute Gasteiger partial charge is 0.407 e. The van der Waals surface area contributed by atoms with E-state index in [1.807, 2.05) is 0 Å². The zero-order valence-electron chi connectivity index (χ0n) is 16.8. The van der Waals surface area contributed by atoms with Crippen molar-refractivity contribution < 1.29 is 14.7 Å². The maximum atomic E-state index is 12.3. The first kappa shape index (κ1) is 19.2. The molecule has 1 saturated heterocycles. The minimum atomic E-state index is -0.879. The summed E-state index contributed by atoms with van der Waals surface area (Å²) < 4.78 is 0. The van der Waals surface area contributed by atoms with Gasteiger partial charge in [-0.05, 0) is 74.3 Å². The van der Waals surface area contributed by atoms with Gasteiger partial charge in [0.05, 0.1) is 17.6 Å². The van der Waals surface area contributed by atoms with E-state index in [1.165, 1.54) is 6.20 Å². The highest BCUT2D eigenvalue weighted by Crippen LogP contribution is 2.63. The number of nitriles is 1. The molecule has 0 aromatic carbocycles. The quantitative estimate of drug-likeness (QED) is 0.699. The van der Waals surface area contributed by atoms with E-state index in [4.69, 9.17) is 11.0 Å². The predicted molar refractivity (Wildman–Crippen MR) is 108 cm³/mol. The van der Waals surface area contributed by atoms with Crippen LogP contribution in [-0.2, 0) is 4.79 Å². The Morgan fingerprint density at radius 3 is 2.57 bits per heavy atom. The van der Waals surface area contributed by atoms with Crippen LogP contribution in [0.15, 0.2) is 18.3 Å². The van der Waals surface area contributed by atoms with Gasteiger partial charge in [-0.3, -0.25) is 4.79 Å². The first-order valence-corrected chi connectivity index (χ1v) is 10.8. The normalized spacial score (nSPS) is 39.0. The number of hydrogen-bond acceptors (Lipinski definition) is 5. The summed E-state index contributed by atoms with van der Waals surface area (Å²) in [6.45, 7) is 0.494. The molecule has 5 unspecified atom stereocenters. The lowest BCUT2D eigenvalue weighted by atomic mass is 9.44. The summed E-state index contributed by atoms with van der Waals surface area (Å²) in [7, 11) is 0. The van der Waals surface area contributed by atoms with E-state index < -0.39 is 6.09 Å². The highest BCUT2D eigenvalue weighted by molar-refractivity contribution is 5.81. The predicted octanol–water partition coefficient (Wildman–Crippen LogP) is 2.41. The van der Waals surface area contributed by atoms with Crippen LogP contribution >= 0.6 is 0 Å². The Morgan fingerprint density at radius 1 is 1.27 bits per heavy atom. The van der Waals surface area contributed by atoms with Gasteiger partial charge < -0.3 is 21.1 Å². The third-order valence-electron chi connectivity index (χ3n) is 8.19. The second-order valence-electron chi connectivity index (χ2n) is 9.74. The van der Waals surface area contributed by atoms with Gasteiger partial charge in [-0.2, -0.15) is 5.26 Å². The summed E-state index contributed by atoms with van der Waals surface area (Å²) in [5.41, 5.74) is 5.95. The molecular formula is C22H27N5O3. The number of amides is 2. The summed E-state index contributed by atoms with van der Waals surface area (Å²) in [4.78, 5) is 30.3. The number of carboxylic acid groups (broad SMARTS) is 1. The van der Waals surface area contributed by atoms with Crippen molar-refractivity contribution in [1.82, 2.24) is 9.88 Å². The van der Waals surface area contributed by atoms with Gasteiger partial charge >= 0.3 is 6.09 Å². The second-order valence-corrected chi connectivity index (χ2v) is 9.74. The topological polar surface area (TPSA) is 132 Å². The number of nitrogens with zero attached hydrogens (tertiary/aromatic N) is 3. The van der Waals surface area contributed by atoms with Crippen LogP contribution in [0.2, 0.25) is 0 Å². The standard InChI is InChI=1S/C22H27N5O3/c23-10-12-1-2-17(25-11-12)26-16-3-4-27(21(29)30)19(16)18-14-5-13-6-15(18)9-22(7-13,8-14)20(24)28/h1-2,11,13-16,18-19H,3-9H2,(H2,24,28)(H,25,26)(H,29,30)/t13?,14-,15+,16?,18?,19?,22?. The van der Waals surface area contributed by atoms with E-state index in [-0.39, 0.29) is 29.3 Å². The van der Waals surface area contributed by atoms with Gasteiger partial charge in [0.15, 0.2) is 0 Å². The third kappa shape index (κ3) is 2.91. The number of anilines is 1. The Balaban J connectivity index is 1.43. The molecule has 4 aliphatic carbocycles. The fourth-order valence-electron chi connectivity index (χ4n) is 7.33. The van der Waals surface area contributed by atoms with Crippen LogP contribution in [0.5, 0.6) is 0 Å². The van der Waals surface area contributed by atoms with E-state index in [2.05, 4.69) is 16.4 Å². The molecule has 1 aromatic heterocycles. The molecule has 2 amide bonds.